The molecule has 0 aromatic heterocycles. The molecule has 92 valence electrons. The van der Waals surface area contributed by atoms with Gasteiger partial charge in [0.2, 0.25) is 0 Å². The lowest BCUT2D eigenvalue weighted by molar-refractivity contribution is 0.0254. The standard InChI is InChI=1S/C11H13F2N3S/c1-17-10-4-2-3-9(8(10)5-14)16-7-11(12,13)6-15/h2-4,16H,6-7,15H2,1H3. The third-order valence-electron chi connectivity index (χ3n) is 2.19. The van der Waals surface area contributed by atoms with E-state index in [4.69, 9.17) is 11.0 Å². The van der Waals surface area contributed by atoms with Crippen molar-refractivity contribution in [3.05, 3.63) is 23.8 Å². The number of benzene rings is 1. The van der Waals surface area contributed by atoms with E-state index in [0.29, 0.717) is 11.3 Å². The number of rotatable bonds is 5. The van der Waals surface area contributed by atoms with E-state index in [0.717, 1.165) is 4.90 Å². The Kier molecular flexibility index (Phi) is 4.73. The van der Waals surface area contributed by atoms with Gasteiger partial charge in [-0.05, 0) is 18.4 Å². The number of hydrogen-bond donors (Lipinski definition) is 2. The van der Waals surface area contributed by atoms with Crippen LogP contribution >= 0.6 is 11.8 Å². The summed E-state index contributed by atoms with van der Waals surface area (Å²) >= 11 is 1.40. The van der Waals surface area contributed by atoms with Crippen LogP contribution < -0.4 is 11.1 Å². The van der Waals surface area contributed by atoms with Crippen LogP contribution in [0.5, 0.6) is 0 Å². The average Bonchev–Trinajstić information content (AvgIpc) is 2.35. The van der Waals surface area contributed by atoms with Crippen LogP contribution in [0.1, 0.15) is 5.56 Å². The van der Waals surface area contributed by atoms with Gasteiger partial charge >= 0.3 is 0 Å². The summed E-state index contributed by atoms with van der Waals surface area (Å²) in [5, 5.41) is 11.6. The summed E-state index contributed by atoms with van der Waals surface area (Å²) in [6.45, 7) is -1.29. The molecule has 17 heavy (non-hydrogen) atoms. The van der Waals surface area contributed by atoms with Crippen molar-refractivity contribution in [2.45, 2.75) is 10.8 Å². The highest BCUT2D eigenvalue weighted by atomic mass is 32.2. The summed E-state index contributed by atoms with van der Waals surface area (Å²) in [5.74, 6) is -2.97. The Morgan fingerprint density at radius 1 is 1.53 bits per heavy atom. The van der Waals surface area contributed by atoms with Crippen molar-refractivity contribution in [1.82, 2.24) is 0 Å². The van der Waals surface area contributed by atoms with E-state index in [9.17, 15) is 8.78 Å². The van der Waals surface area contributed by atoms with E-state index in [1.807, 2.05) is 12.3 Å². The maximum absolute atomic E-state index is 13.0. The molecule has 0 saturated carbocycles. The molecule has 3 N–H and O–H groups in total. The van der Waals surface area contributed by atoms with Crippen molar-refractivity contribution in [2.75, 3.05) is 24.7 Å². The van der Waals surface area contributed by atoms with Gasteiger partial charge < -0.3 is 11.1 Å². The van der Waals surface area contributed by atoms with Crippen molar-refractivity contribution < 1.29 is 8.78 Å². The predicted molar refractivity (Wildman–Crippen MR) is 65.4 cm³/mol. The summed E-state index contributed by atoms with van der Waals surface area (Å²) in [6.07, 6.45) is 1.83. The molecule has 1 aromatic carbocycles. The summed E-state index contributed by atoms with van der Waals surface area (Å²) in [5.41, 5.74) is 5.73. The van der Waals surface area contributed by atoms with Crippen LogP contribution in [0.15, 0.2) is 23.1 Å². The Hall–Kier alpha value is -1.32. The minimum atomic E-state index is -2.97. The Labute approximate surface area is 103 Å². The lowest BCUT2D eigenvalue weighted by Crippen LogP contribution is -2.35. The molecule has 0 radical (unpaired) electrons. The normalized spacial score (nSPS) is 11.0. The van der Waals surface area contributed by atoms with E-state index < -0.39 is 19.0 Å². The molecule has 1 rings (SSSR count). The number of anilines is 1. The van der Waals surface area contributed by atoms with Gasteiger partial charge in [0.1, 0.15) is 6.07 Å². The minimum Gasteiger partial charge on any atom is -0.378 e. The van der Waals surface area contributed by atoms with Crippen LogP contribution in [0, 0.1) is 11.3 Å². The molecule has 0 spiro atoms. The predicted octanol–water partition coefficient (Wildman–Crippen LogP) is 2.29. The molecule has 0 heterocycles. The maximum atomic E-state index is 13.0. The SMILES string of the molecule is CSc1cccc(NCC(F)(F)CN)c1C#N. The van der Waals surface area contributed by atoms with Gasteiger partial charge in [-0.2, -0.15) is 5.26 Å². The zero-order chi connectivity index (χ0) is 12.9. The molecule has 0 aliphatic rings. The van der Waals surface area contributed by atoms with Crippen molar-refractivity contribution >= 4 is 17.4 Å². The summed E-state index contributed by atoms with van der Waals surface area (Å²) in [4.78, 5) is 0.758. The topological polar surface area (TPSA) is 61.8 Å². The number of nitrogens with one attached hydrogen (secondary N) is 1. The van der Waals surface area contributed by atoms with Crippen molar-refractivity contribution in [2.24, 2.45) is 5.73 Å². The minimum absolute atomic E-state index is 0.382. The number of halogens is 2. The first-order chi connectivity index (χ1) is 8.04. The second-order valence-electron chi connectivity index (χ2n) is 3.41. The van der Waals surface area contributed by atoms with E-state index in [2.05, 4.69) is 5.32 Å². The fourth-order valence-corrected chi connectivity index (χ4v) is 1.83. The van der Waals surface area contributed by atoms with E-state index >= 15 is 0 Å². The number of nitriles is 1. The van der Waals surface area contributed by atoms with Gasteiger partial charge in [0, 0.05) is 4.90 Å². The number of thioether (sulfide) groups is 1. The molecule has 0 aliphatic carbocycles. The fourth-order valence-electron chi connectivity index (χ4n) is 1.26. The number of nitrogens with two attached hydrogens (primary N) is 1. The molecule has 0 aliphatic heterocycles. The van der Waals surface area contributed by atoms with Gasteiger partial charge in [-0.1, -0.05) is 6.07 Å². The zero-order valence-corrected chi connectivity index (χ0v) is 10.2. The van der Waals surface area contributed by atoms with Crippen LogP contribution in [0.3, 0.4) is 0 Å². The second-order valence-corrected chi connectivity index (χ2v) is 4.26. The highest BCUT2D eigenvalue weighted by Gasteiger charge is 2.26. The van der Waals surface area contributed by atoms with Crippen LogP contribution in [-0.4, -0.2) is 25.3 Å². The van der Waals surface area contributed by atoms with Crippen LogP contribution in [0.25, 0.3) is 0 Å². The zero-order valence-electron chi connectivity index (χ0n) is 9.34. The quantitative estimate of drug-likeness (QED) is 0.794. The molecule has 3 nitrogen and oxygen atoms in total. The summed E-state index contributed by atoms with van der Waals surface area (Å²) in [6, 6.07) is 7.10. The average molecular weight is 257 g/mol. The van der Waals surface area contributed by atoms with Gasteiger partial charge in [-0.25, -0.2) is 8.78 Å². The maximum Gasteiger partial charge on any atom is 0.276 e. The molecule has 0 saturated heterocycles. The summed E-state index contributed by atoms with van der Waals surface area (Å²) < 4.78 is 26.0. The Morgan fingerprint density at radius 3 is 2.76 bits per heavy atom. The smallest absolute Gasteiger partial charge is 0.276 e. The van der Waals surface area contributed by atoms with Crippen molar-refractivity contribution in [3.63, 3.8) is 0 Å². The third-order valence-corrected chi connectivity index (χ3v) is 2.97. The first-order valence-corrected chi connectivity index (χ1v) is 6.15. The Morgan fingerprint density at radius 2 is 2.24 bits per heavy atom. The van der Waals surface area contributed by atoms with Gasteiger partial charge in [0.05, 0.1) is 24.3 Å². The first kappa shape index (κ1) is 13.7. The molecule has 0 amide bonds. The van der Waals surface area contributed by atoms with Gasteiger partial charge in [0.25, 0.3) is 5.92 Å². The lowest BCUT2D eigenvalue weighted by Gasteiger charge is -2.16. The van der Waals surface area contributed by atoms with Crippen LogP contribution in [-0.2, 0) is 0 Å². The molecule has 0 bridgehead atoms. The Bertz CT molecular complexity index is 429. The molecule has 0 atom stereocenters. The Balaban J connectivity index is 2.89. The molecular formula is C11H13F2N3S. The highest BCUT2D eigenvalue weighted by molar-refractivity contribution is 7.98. The molecule has 1 aromatic rings. The molecule has 6 heteroatoms. The van der Waals surface area contributed by atoms with E-state index in [1.165, 1.54) is 11.8 Å². The largest absolute Gasteiger partial charge is 0.378 e. The number of nitrogens with zero attached hydrogens (tertiary/aromatic N) is 1. The van der Waals surface area contributed by atoms with E-state index in [-0.39, 0.29) is 0 Å². The van der Waals surface area contributed by atoms with Crippen molar-refractivity contribution in [1.29, 1.82) is 5.26 Å². The lowest BCUT2D eigenvalue weighted by atomic mass is 10.2. The monoisotopic (exact) mass is 257 g/mol. The van der Waals surface area contributed by atoms with Gasteiger partial charge in [-0.15, -0.1) is 11.8 Å². The second kappa shape index (κ2) is 5.84. The highest BCUT2D eigenvalue weighted by Crippen LogP contribution is 2.26. The van der Waals surface area contributed by atoms with Crippen molar-refractivity contribution in [3.8, 4) is 6.07 Å². The summed E-state index contributed by atoms with van der Waals surface area (Å²) in [7, 11) is 0. The van der Waals surface area contributed by atoms with Gasteiger partial charge in [-0.3, -0.25) is 0 Å². The van der Waals surface area contributed by atoms with Crippen LogP contribution in [0.2, 0.25) is 0 Å². The third kappa shape index (κ3) is 3.58. The fraction of sp³-hybridized carbons (Fsp3) is 0.364. The van der Waals surface area contributed by atoms with Crippen LogP contribution in [0.4, 0.5) is 14.5 Å². The number of alkyl halides is 2. The van der Waals surface area contributed by atoms with E-state index in [1.54, 1.807) is 18.2 Å². The molecule has 0 fully saturated rings. The number of hydrogen-bond acceptors (Lipinski definition) is 4. The first-order valence-electron chi connectivity index (χ1n) is 4.93. The molecular weight excluding hydrogens is 244 g/mol. The van der Waals surface area contributed by atoms with Gasteiger partial charge in [0.15, 0.2) is 0 Å². The molecule has 0 unspecified atom stereocenters.